The predicted molar refractivity (Wildman–Crippen MR) is 87.1 cm³/mol. The minimum atomic E-state index is -0.0475. The second-order valence-electron chi connectivity index (χ2n) is 5.69. The molecule has 0 bridgehead atoms. The molecule has 2 aromatic rings. The third kappa shape index (κ3) is 3.02. The molecule has 3 rings (SSSR count). The van der Waals surface area contributed by atoms with Crippen molar-refractivity contribution in [2.75, 3.05) is 38.2 Å². The summed E-state index contributed by atoms with van der Waals surface area (Å²) in [6.45, 7) is 6.64. The van der Waals surface area contributed by atoms with Gasteiger partial charge in [-0.15, -0.1) is 0 Å². The second-order valence-corrected chi connectivity index (χ2v) is 5.69. The van der Waals surface area contributed by atoms with E-state index in [0.29, 0.717) is 24.5 Å². The third-order valence-corrected chi connectivity index (χ3v) is 4.36. The van der Waals surface area contributed by atoms with Crippen molar-refractivity contribution in [3.8, 4) is 5.75 Å². The van der Waals surface area contributed by atoms with E-state index in [1.807, 2.05) is 43.0 Å². The quantitative estimate of drug-likeness (QED) is 0.869. The van der Waals surface area contributed by atoms with Crippen LogP contribution < -0.4 is 9.64 Å². The summed E-state index contributed by atoms with van der Waals surface area (Å²) in [4.78, 5) is 16.6. The van der Waals surface area contributed by atoms with Crippen LogP contribution in [-0.4, -0.2) is 49.3 Å². The van der Waals surface area contributed by atoms with Crippen LogP contribution in [0.25, 0.3) is 0 Å². The van der Waals surface area contributed by atoms with Crippen molar-refractivity contribution >= 4 is 11.6 Å². The lowest BCUT2D eigenvalue weighted by molar-refractivity contribution is 0.0735. The van der Waals surface area contributed by atoms with Gasteiger partial charge in [0, 0.05) is 37.4 Å². The first-order chi connectivity index (χ1) is 11.1. The Morgan fingerprint density at radius 2 is 1.78 bits per heavy atom. The molecule has 0 aliphatic carbocycles. The standard InChI is InChI=1S/C17H21N3O3/c1-12-13(2)23-18-16(12)17(21)20-10-8-19(9-11-20)14-4-6-15(22-3)7-5-14/h4-7H,8-11H2,1-3H3. The van der Waals surface area contributed by atoms with E-state index in [1.54, 1.807) is 7.11 Å². The van der Waals surface area contributed by atoms with Gasteiger partial charge in [0.05, 0.1) is 7.11 Å². The van der Waals surface area contributed by atoms with Crippen molar-refractivity contribution < 1.29 is 14.1 Å². The Hall–Kier alpha value is -2.50. The average Bonchev–Trinajstić information content (AvgIpc) is 2.94. The van der Waals surface area contributed by atoms with Gasteiger partial charge in [-0.05, 0) is 38.1 Å². The maximum Gasteiger partial charge on any atom is 0.276 e. The highest BCUT2D eigenvalue weighted by Crippen LogP contribution is 2.21. The Kier molecular flexibility index (Phi) is 4.23. The van der Waals surface area contributed by atoms with Gasteiger partial charge in [0.2, 0.25) is 0 Å². The Balaban J connectivity index is 1.63. The van der Waals surface area contributed by atoms with Crippen molar-refractivity contribution in [1.82, 2.24) is 10.1 Å². The number of methoxy groups -OCH3 is 1. The van der Waals surface area contributed by atoms with Gasteiger partial charge in [0.1, 0.15) is 11.5 Å². The molecule has 1 aromatic heterocycles. The molecule has 1 saturated heterocycles. The van der Waals surface area contributed by atoms with Crippen LogP contribution in [0.5, 0.6) is 5.75 Å². The smallest absolute Gasteiger partial charge is 0.276 e. The summed E-state index contributed by atoms with van der Waals surface area (Å²) in [5.41, 5.74) is 2.40. The van der Waals surface area contributed by atoms with Crippen LogP contribution in [0.4, 0.5) is 5.69 Å². The number of piperazine rings is 1. The highest BCUT2D eigenvalue weighted by molar-refractivity contribution is 5.93. The van der Waals surface area contributed by atoms with E-state index in [0.717, 1.165) is 30.1 Å². The van der Waals surface area contributed by atoms with Gasteiger partial charge in [-0.3, -0.25) is 4.79 Å². The van der Waals surface area contributed by atoms with Crippen molar-refractivity contribution in [2.24, 2.45) is 0 Å². The Labute approximate surface area is 135 Å². The van der Waals surface area contributed by atoms with Crippen LogP contribution in [0.15, 0.2) is 28.8 Å². The molecule has 0 N–H and O–H groups in total. The number of carbonyl (C=O) groups is 1. The minimum absolute atomic E-state index is 0.0475. The molecular weight excluding hydrogens is 294 g/mol. The summed E-state index contributed by atoms with van der Waals surface area (Å²) in [5.74, 6) is 1.50. The van der Waals surface area contributed by atoms with Gasteiger partial charge in [-0.2, -0.15) is 0 Å². The molecule has 1 amide bonds. The van der Waals surface area contributed by atoms with Gasteiger partial charge in [-0.25, -0.2) is 0 Å². The van der Waals surface area contributed by atoms with Crippen LogP contribution >= 0.6 is 0 Å². The lowest BCUT2D eigenvalue weighted by Crippen LogP contribution is -2.49. The van der Waals surface area contributed by atoms with Crippen LogP contribution in [0.1, 0.15) is 21.8 Å². The van der Waals surface area contributed by atoms with Crippen molar-refractivity contribution in [1.29, 1.82) is 0 Å². The summed E-state index contributed by atoms with van der Waals surface area (Å²) >= 11 is 0. The predicted octanol–water partition coefficient (Wildman–Crippen LogP) is 2.26. The van der Waals surface area contributed by atoms with Gasteiger partial charge in [-0.1, -0.05) is 5.16 Å². The maximum absolute atomic E-state index is 12.5. The van der Waals surface area contributed by atoms with Crippen LogP contribution in [-0.2, 0) is 0 Å². The number of benzene rings is 1. The molecule has 0 radical (unpaired) electrons. The van der Waals surface area contributed by atoms with Crippen molar-refractivity contribution in [3.05, 3.63) is 41.3 Å². The molecule has 1 aliphatic rings. The SMILES string of the molecule is COc1ccc(N2CCN(C(=O)c3noc(C)c3C)CC2)cc1. The van der Waals surface area contributed by atoms with Gasteiger partial charge < -0.3 is 19.1 Å². The normalized spacial score (nSPS) is 14.9. The lowest BCUT2D eigenvalue weighted by Gasteiger charge is -2.35. The highest BCUT2D eigenvalue weighted by Gasteiger charge is 2.26. The fourth-order valence-corrected chi connectivity index (χ4v) is 2.73. The van der Waals surface area contributed by atoms with E-state index >= 15 is 0 Å². The molecule has 6 heteroatoms. The molecule has 23 heavy (non-hydrogen) atoms. The number of anilines is 1. The first kappa shape index (κ1) is 15.4. The molecule has 1 fully saturated rings. The molecule has 1 aromatic carbocycles. The Morgan fingerprint density at radius 3 is 2.30 bits per heavy atom. The summed E-state index contributed by atoms with van der Waals surface area (Å²) in [6, 6.07) is 7.99. The number of carbonyl (C=O) groups excluding carboxylic acids is 1. The van der Waals surface area contributed by atoms with E-state index in [2.05, 4.69) is 10.1 Å². The Morgan fingerprint density at radius 1 is 1.13 bits per heavy atom. The maximum atomic E-state index is 12.5. The zero-order valence-corrected chi connectivity index (χ0v) is 13.7. The number of rotatable bonds is 3. The minimum Gasteiger partial charge on any atom is -0.497 e. The Bertz CT molecular complexity index is 686. The molecular formula is C17H21N3O3. The molecule has 0 unspecified atom stereocenters. The largest absolute Gasteiger partial charge is 0.497 e. The average molecular weight is 315 g/mol. The van der Waals surface area contributed by atoms with E-state index < -0.39 is 0 Å². The monoisotopic (exact) mass is 315 g/mol. The van der Waals surface area contributed by atoms with Gasteiger partial charge >= 0.3 is 0 Å². The van der Waals surface area contributed by atoms with E-state index in [-0.39, 0.29) is 5.91 Å². The molecule has 0 atom stereocenters. The molecule has 122 valence electrons. The summed E-state index contributed by atoms with van der Waals surface area (Å²) in [6.07, 6.45) is 0. The molecule has 6 nitrogen and oxygen atoms in total. The summed E-state index contributed by atoms with van der Waals surface area (Å²) in [5, 5.41) is 3.89. The number of hydrogen-bond donors (Lipinski definition) is 0. The van der Waals surface area contributed by atoms with Gasteiger partial charge in [0.15, 0.2) is 5.69 Å². The van der Waals surface area contributed by atoms with Crippen molar-refractivity contribution in [3.63, 3.8) is 0 Å². The zero-order valence-electron chi connectivity index (χ0n) is 13.7. The van der Waals surface area contributed by atoms with E-state index in [1.165, 1.54) is 0 Å². The third-order valence-electron chi connectivity index (χ3n) is 4.36. The van der Waals surface area contributed by atoms with E-state index in [4.69, 9.17) is 9.26 Å². The summed E-state index contributed by atoms with van der Waals surface area (Å²) < 4.78 is 10.3. The summed E-state index contributed by atoms with van der Waals surface area (Å²) in [7, 11) is 1.66. The second kappa shape index (κ2) is 6.32. The lowest BCUT2D eigenvalue weighted by atomic mass is 10.2. The molecule has 0 saturated carbocycles. The molecule has 1 aliphatic heterocycles. The van der Waals surface area contributed by atoms with Crippen LogP contribution in [0.2, 0.25) is 0 Å². The topological polar surface area (TPSA) is 58.8 Å². The number of ether oxygens (including phenoxy) is 1. The number of aryl methyl sites for hydroxylation is 1. The van der Waals surface area contributed by atoms with Crippen LogP contribution in [0, 0.1) is 13.8 Å². The number of aromatic nitrogens is 1. The molecule has 2 heterocycles. The zero-order chi connectivity index (χ0) is 16.4. The van der Waals surface area contributed by atoms with Crippen molar-refractivity contribution in [2.45, 2.75) is 13.8 Å². The van der Waals surface area contributed by atoms with Gasteiger partial charge in [0.25, 0.3) is 5.91 Å². The highest BCUT2D eigenvalue weighted by atomic mass is 16.5. The molecule has 0 spiro atoms. The fourth-order valence-electron chi connectivity index (χ4n) is 2.73. The van der Waals surface area contributed by atoms with Crippen LogP contribution in [0.3, 0.4) is 0 Å². The fraction of sp³-hybridized carbons (Fsp3) is 0.412. The van der Waals surface area contributed by atoms with E-state index in [9.17, 15) is 4.79 Å². The first-order valence-electron chi connectivity index (χ1n) is 7.71. The first-order valence-corrected chi connectivity index (χ1v) is 7.71. The number of nitrogens with zero attached hydrogens (tertiary/aromatic N) is 3. The number of hydrogen-bond acceptors (Lipinski definition) is 5. The number of amides is 1.